The van der Waals surface area contributed by atoms with Crippen molar-refractivity contribution in [2.24, 2.45) is 0 Å². The quantitative estimate of drug-likeness (QED) is 0.841. The van der Waals surface area contributed by atoms with Crippen molar-refractivity contribution in [2.75, 3.05) is 19.3 Å². The third-order valence-corrected chi connectivity index (χ3v) is 4.72. The molecule has 1 saturated heterocycles. The van der Waals surface area contributed by atoms with Crippen LogP contribution in [0.4, 0.5) is 0 Å². The van der Waals surface area contributed by atoms with E-state index in [2.05, 4.69) is 19.8 Å². The van der Waals surface area contributed by atoms with Crippen molar-refractivity contribution in [2.45, 2.75) is 31.8 Å². The van der Waals surface area contributed by atoms with Crippen molar-refractivity contribution < 1.29 is 12.9 Å². The topological polar surface area (TPSA) is 88.3 Å². The number of benzene rings is 1. The Kier molecular flexibility index (Phi) is 5.27. The molecule has 1 N–H and O–H groups in total. The van der Waals surface area contributed by atoms with E-state index in [0.29, 0.717) is 31.2 Å². The van der Waals surface area contributed by atoms with E-state index in [0.717, 1.165) is 24.9 Å². The molecule has 1 atom stereocenters. The number of hydrogen-bond acceptors (Lipinski definition) is 6. The average Bonchev–Trinajstić information content (AvgIpc) is 2.94. The first-order valence-corrected chi connectivity index (χ1v) is 9.92. The van der Waals surface area contributed by atoms with Gasteiger partial charge in [0.05, 0.1) is 12.8 Å². The summed E-state index contributed by atoms with van der Waals surface area (Å²) in [6, 6.07) is 9.95. The molecule has 24 heavy (non-hydrogen) atoms. The Morgan fingerprint density at radius 1 is 1.33 bits per heavy atom. The third kappa shape index (κ3) is 5.12. The maximum Gasteiger partial charge on any atom is 0.240 e. The molecule has 130 valence electrons. The van der Waals surface area contributed by atoms with Gasteiger partial charge in [0.1, 0.15) is 0 Å². The molecule has 0 spiro atoms. The van der Waals surface area contributed by atoms with Crippen molar-refractivity contribution >= 4 is 10.0 Å². The molecule has 0 aliphatic carbocycles. The molecule has 3 rings (SSSR count). The van der Waals surface area contributed by atoms with Crippen molar-refractivity contribution in [3.8, 4) is 0 Å². The first-order valence-electron chi connectivity index (χ1n) is 8.03. The lowest BCUT2D eigenvalue weighted by atomic mass is 10.1. The van der Waals surface area contributed by atoms with Gasteiger partial charge >= 0.3 is 0 Å². The summed E-state index contributed by atoms with van der Waals surface area (Å²) < 4.78 is 30.8. The summed E-state index contributed by atoms with van der Waals surface area (Å²) in [4.78, 5) is 6.59. The van der Waals surface area contributed by atoms with E-state index in [1.165, 1.54) is 6.26 Å². The highest BCUT2D eigenvalue weighted by atomic mass is 32.2. The van der Waals surface area contributed by atoms with E-state index in [9.17, 15) is 8.42 Å². The number of hydrogen-bond donors (Lipinski definition) is 1. The van der Waals surface area contributed by atoms with E-state index < -0.39 is 10.0 Å². The van der Waals surface area contributed by atoms with Crippen LogP contribution in [0.15, 0.2) is 34.9 Å². The zero-order valence-corrected chi connectivity index (χ0v) is 14.5. The Balaban J connectivity index is 1.56. The lowest BCUT2D eigenvalue weighted by molar-refractivity contribution is 0.173. The Morgan fingerprint density at radius 3 is 2.88 bits per heavy atom. The van der Waals surface area contributed by atoms with Gasteiger partial charge in [-0.1, -0.05) is 35.5 Å². The smallest absolute Gasteiger partial charge is 0.240 e. The van der Waals surface area contributed by atoms with Gasteiger partial charge < -0.3 is 4.52 Å². The van der Waals surface area contributed by atoms with Crippen molar-refractivity contribution in [1.82, 2.24) is 19.8 Å². The SMILES string of the molecule is CS(=O)(=O)N[C@H]1CCCN(Cc2nc(Cc3ccccc3)no2)C1. The van der Waals surface area contributed by atoms with Crippen LogP contribution in [-0.4, -0.2) is 48.8 Å². The minimum atomic E-state index is -3.18. The highest BCUT2D eigenvalue weighted by Crippen LogP contribution is 2.14. The largest absolute Gasteiger partial charge is 0.338 e. The molecule has 1 aromatic carbocycles. The molecule has 1 aliphatic rings. The van der Waals surface area contributed by atoms with Crippen molar-refractivity contribution in [1.29, 1.82) is 0 Å². The van der Waals surface area contributed by atoms with Crippen LogP contribution in [0, 0.1) is 0 Å². The zero-order chi connectivity index (χ0) is 17.0. The fraction of sp³-hybridized carbons (Fsp3) is 0.500. The number of piperidine rings is 1. The fourth-order valence-electron chi connectivity index (χ4n) is 2.99. The van der Waals surface area contributed by atoms with Crippen LogP contribution in [-0.2, 0) is 23.0 Å². The van der Waals surface area contributed by atoms with Gasteiger partial charge in [-0.25, -0.2) is 13.1 Å². The van der Waals surface area contributed by atoms with Gasteiger partial charge in [0.25, 0.3) is 0 Å². The summed E-state index contributed by atoms with van der Waals surface area (Å²) in [7, 11) is -3.18. The molecule has 0 radical (unpaired) electrons. The van der Waals surface area contributed by atoms with Gasteiger partial charge in [0.15, 0.2) is 5.82 Å². The first kappa shape index (κ1) is 17.1. The zero-order valence-electron chi connectivity index (χ0n) is 13.7. The Morgan fingerprint density at radius 2 is 2.12 bits per heavy atom. The van der Waals surface area contributed by atoms with E-state index in [4.69, 9.17) is 4.52 Å². The average molecular weight is 350 g/mol. The lowest BCUT2D eigenvalue weighted by Crippen LogP contribution is -2.47. The monoisotopic (exact) mass is 350 g/mol. The normalized spacial score (nSPS) is 19.5. The molecule has 2 heterocycles. The highest BCUT2D eigenvalue weighted by Gasteiger charge is 2.23. The molecule has 1 aromatic heterocycles. The number of sulfonamides is 1. The number of aromatic nitrogens is 2. The van der Waals surface area contributed by atoms with E-state index >= 15 is 0 Å². The minimum absolute atomic E-state index is 0.0551. The molecule has 0 saturated carbocycles. The van der Waals surface area contributed by atoms with Crippen LogP contribution in [0.5, 0.6) is 0 Å². The second-order valence-corrected chi connectivity index (χ2v) is 8.01. The Bertz CT molecular complexity index is 761. The van der Waals surface area contributed by atoms with E-state index in [1.807, 2.05) is 30.3 Å². The third-order valence-electron chi connectivity index (χ3n) is 3.96. The standard InChI is InChI=1S/C16H22N4O3S/c1-24(21,22)19-14-8-5-9-20(11-14)12-16-17-15(18-23-16)10-13-6-3-2-4-7-13/h2-4,6-7,14,19H,5,8-12H2,1H3/t14-/m0/s1. The van der Waals surface area contributed by atoms with Gasteiger partial charge in [0.2, 0.25) is 15.9 Å². The molecule has 7 nitrogen and oxygen atoms in total. The summed E-state index contributed by atoms with van der Waals surface area (Å²) in [6.45, 7) is 2.10. The van der Waals surface area contributed by atoms with Crippen LogP contribution < -0.4 is 4.72 Å². The predicted octanol–water partition coefficient (Wildman–Crippen LogP) is 1.17. The van der Waals surface area contributed by atoms with Crippen LogP contribution in [0.2, 0.25) is 0 Å². The summed E-state index contributed by atoms with van der Waals surface area (Å²) >= 11 is 0. The van der Waals surface area contributed by atoms with Crippen LogP contribution in [0.25, 0.3) is 0 Å². The second kappa shape index (κ2) is 7.42. The van der Waals surface area contributed by atoms with Gasteiger partial charge in [-0.15, -0.1) is 0 Å². The predicted molar refractivity (Wildman–Crippen MR) is 89.8 cm³/mol. The molecule has 1 aliphatic heterocycles. The van der Waals surface area contributed by atoms with Gasteiger partial charge in [-0.3, -0.25) is 4.90 Å². The second-order valence-electron chi connectivity index (χ2n) is 6.23. The molecular weight excluding hydrogens is 328 g/mol. The minimum Gasteiger partial charge on any atom is -0.338 e. The highest BCUT2D eigenvalue weighted by molar-refractivity contribution is 7.88. The first-order chi connectivity index (χ1) is 11.5. The van der Waals surface area contributed by atoms with Crippen LogP contribution in [0.1, 0.15) is 30.1 Å². The summed E-state index contributed by atoms with van der Waals surface area (Å²) in [5.74, 6) is 1.24. The maximum absolute atomic E-state index is 11.4. The van der Waals surface area contributed by atoms with E-state index in [1.54, 1.807) is 0 Å². The summed E-state index contributed by atoms with van der Waals surface area (Å²) in [5, 5.41) is 4.03. The lowest BCUT2D eigenvalue weighted by Gasteiger charge is -2.31. The molecule has 0 unspecified atom stereocenters. The van der Waals surface area contributed by atoms with Crippen LogP contribution >= 0.6 is 0 Å². The number of nitrogens with one attached hydrogen (secondary N) is 1. The Hall–Kier alpha value is -1.77. The summed E-state index contributed by atoms with van der Waals surface area (Å²) in [6.07, 6.45) is 3.63. The van der Waals surface area contributed by atoms with Crippen molar-refractivity contribution in [3.05, 3.63) is 47.6 Å². The number of rotatable bonds is 6. The van der Waals surface area contributed by atoms with Crippen LogP contribution in [0.3, 0.4) is 0 Å². The maximum atomic E-state index is 11.4. The van der Waals surface area contributed by atoms with Gasteiger partial charge in [0, 0.05) is 19.0 Å². The van der Waals surface area contributed by atoms with Gasteiger partial charge in [-0.05, 0) is 24.9 Å². The van der Waals surface area contributed by atoms with E-state index in [-0.39, 0.29) is 6.04 Å². The molecule has 0 bridgehead atoms. The number of likely N-dealkylation sites (tertiary alicyclic amines) is 1. The summed E-state index contributed by atoms with van der Waals surface area (Å²) in [5.41, 5.74) is 1.14. The number of nitrogens with zero attached hydrogens (tertiary/aromatic N) is 3. The molecule has 0 amide bonds. The molecule has 2 aromatic rings. The molecule has 1 fully saturated rings. The molecular formula is C16H22N4O3S. The fourth-order valence-corrected chi connectivity index (χ4v) is 3.79. The molecule has 8 heteroatoms. The Labute approximate surface area is 142 Å². The van der Waals surface area contributed by atoms with Crippen molar-refractivity contribution in [3.63, 3.8) is 0 Å². The van der Waals surface area contributed by atoms with Gasteiger partial charge in [-0.2, -0.15) is 4.98 Å².